The first kappa shape index (κ1) is 13.8. The van der Waals surface area contributed by atoms with Crippen molar-refractivity contribution in [1.82, 2.24) is 0 Å². The predicted molar refractivity (Wildman–Crippen MR) is 92.1 cm³/mol. The molecule has 3 fully saturated rings. The molecule has 3 aliphatic heterocycles. The average molecular weight is 331 g/mol. The van der Waals surface area contributed by atoms with Gasteiger partial charge in [-0.15, -0.1) is 0 Å². The van der Waals surface area contributed by atoms with E-state index in [2.05, 4.69) is 24.3 Å². The Morgan fingerprint density at radius 1 is 0.840 bits per heavy atom. The number of carbonyl (C=O) groups is 2. The lowest BCUT2D eigenvalue weighted by atomic mass is 9.81. The van der Waals surface area contributed by atoms with E-state index >= 15 is 0 Å². The zero-order valence-corrected chi connectivity index (χ0v) is 13.6. The molecule has 3 heterocycles. The fourth-order valence-corrected chi connectivity index (χ4v) is 5.24. The van der Waals surface area contributed by atoms with Gasteiger partial charge in [-0.3, -0.25) is 9.59 Å². The van der Waals surface area contributed by atoms with Crippen molar-refractivity contribution in [1.29, 1.82) is 0 Å². The normalized spacial score (nSPS) is 31.4. The Hall–Kier alpha value is -2.46. The van der Waals surface area contributed by atoms with Gasteiger partial charge in [0.15, 0.2) is 0 Å². The zero-order valence-electron chi connectivity index (χ0n) is 13.6. The first-order chi connectivity index (χ1) is 12.2. The first-order valence-electron chi connectivity index (χ1n) is 8.97. The van der Waals surface area contributed by atoms with E-state index in [1.165, 1.54) is 27.2 Å². The van der Waals surface area contributed by atoms with E-state index in [4.69, 9.17) is 4.74 Å². The molecule has 0 saturated carbocycles. The summed E-state index contributed by atoms with van der Waals surface area (Å²) in [7, 11) is 0. The number of nitrogens with zero attached hydrogens (tertiary/aromatic N) is 1. The Bertz CT molecular complexity index is 922. The molecule has 2 bridgehead atoms. The molecule has 2 aromatic rings. The highest BCUT2D eigenvalue weighted by atomic mass is 16.5. The predicted octanol–water partition coefficient (Wildman–Crippen LogP) is 2.92. The van der Waals surface area contributed by atoms with E-state index in [9.17, 15) is 9.59 Å². The molecule has 0 unspecified atom stereocenters. The van der Waals surface area contributed by atoms with Gasteiger partial charge in [0, 0.05) is 0 Å². The maximum atomic E-state index is 12.9. The maximum Gasteiger partial charge on any atom is 0.240 e. The number of hydrogen-bond acceptors (Lipinski definition) is 3. The van der Waals surface area contributed by atoms with E-state index < -0.39 is 0 Å². The smallest absolute Gasteiger partial charge is 0.240 e. The van der Waals surface area contributed by atoms with Crippen LogP contribution in [0.5, 0.6) is 0 Å². The summed E-state index contributed by atoms with van der Waals surface area (Å²) in [6.45, 7) is 0. The van der Waals surface area contributed by atoms with Crippen LogP contribution in [0.15, 0.2) is 42.5 Å². The number of carbonyl (C=O) groups excluding carboxylic acids is 2. The molecule has 4 nitrogen and oxygen atoms in total. The molecule has 4 atom stereocenters. The van der Waals surface area contributed by atoms with Crippen LogP contribution in [0, 0.1) is 11.8 Å². The number of rotatable bonds is 1. The van der Waals surface area contributed by atoms with Crippen LogP contribution < -0.4 is 4.90 Å². The van der Waals surface area contributed by atoms with Crippen LogP contribution in [0.1, 0.15) is 24.0 Å². The highest BCUT2D eigenvalue weighted by Gasteiger charge is 2.62. The molecule has 2 aromatic carbocycles. The molecule has 0 spiro atoms. The van der Waals surface area contributed by atoms with Gasteiger partial charge < -0.3 is 4.74 Å². The van der Waals surface area contributed by atoms with Crippen molar-refractivity contribution in [3.63, 3.8) is 0 Å². The van der Waals surface area contributed by atoms with Gasteiger partial charge in [0.25, 0.3) is 0 Å². The van der Waals surface area contributed by atoms with Gasteiger partial charge in [-0.1, -0.05) is 30.3 Å². The van der Waals surface area contributed by atoms with Gasteiger partial charge >= 0.3 is 0 Å². The average Bonchev–Trinajstić information content (AvgIpc) is 3.36. The summed E-state index contributed by atoms with van der Waals surface area (Å²) in [5.74, 6) is -0.677. The Morgan fingerprint density at radius 2 is 1.52 bits per heavy atom. The minimum Gasteiger partial charge on any atom is -0.373 e. The Morgan fingerprint density at radius 3 is 2.28 bits per heavy atom. The Kier molecular flexibility index (Phi) is 2.53. The summed E-state index contributed by atoms with van der Waals surface area (Å²) in [5.41, 5.74) is 5.68. The van der Waals surface area contributed by atoms with E-state index in [0.29, 0.717) is 0 Å². The first-order valence-corrected chi connectivity index (χ1v) is 8.97. The van der Waals surface area contributed by atoms with E-state index in [0.717, 1.165) is 24.9 Å². The molecular weight excluding hydrogens is 314 g/mol. The van der Waals surface area contributed by atoms with Crippen LogP contribution in [0.2, 0.25) is 0 Å². The third kappa shape index (κ3) is 1.65. The number of hydrogen-bond donors (Lipinski definition) is 0. The van der Waals surface area contributed by atoms with E-state index in [1.807, 2.05) is 18.2 Å². The Labute approximate surface area is 145 Å². The molecule has 25 heavy (non-hydrogen) atoms. The summed E-state index contributed by atoms with van der Waals surface area (Å²) < 4.78 is 5.81. The second-order valence-electron chi connectivity index (χ2n) is 7.53. The Balaban J connectivity index is 1.41. The van der Waals surface area contributed by atoms with E-state index in [1.54, 1.807) is 0 Å². The quantitative estimate of drug-likeness (QED) is 0.644. The van der Waals surface area contributed by atoms with Gasteiger partial charge in [0.1, 0.15) is 0 Å². The zero-order chi connectivity index (χ0) is 16.7. The van der Waals surface area contributed by atoms with E-state index in [-0.39, 0.29) is 35.9 Å². The summed E-state index contributed by atoms with van der Waals surface area (Å²) >= 11 is 0. The molecule has 0 radical (unpaired) electrons. The largest absolute Gasteiger partial charge is 0.373 e. The minimum absolute atomic E-state index is 0.0601. The summed E-state index contributed by atoms with van der Waals surface area (Å²) in [5, 5.41) is 0. The lowest BCUT2D eigenvalue weighted by molar-refractivity contribution is -0.124. The number of ether oxygens (including phenoxy) is 1. The number of imide groups is 1. The van der Waals surface area contributed by atoms with Gasteiger partial charge in [-0.2, -0.15) is 0 Å². The van der Waals surface area contributed by atoms with Crippen LogP contribution in [-0.2, 0) is 20.7 Å². The van der Waals surface area contributed by atoms with Crippen molar-refractivity contribution in [3.05, 3.63) is 53.6 Å². The van der Waals surface area contributed by atoms with Crippen LogP contribution in [0.3, 0.4) is 0 Å². The van der Waals surface area contributed by atoms with Crippen LogP contribution in [-0.4, -0.2) is 24.0 Å². The lowest BCUT2D eigenvalue weighted by Crippen LogP contribution is -2.34. The number of amides is 2. The fourth-order valence-electron chi connectivity index (χ4n) is 5.24. The number of anilines is 1. The highest BCUT2D eigenvalue weighted by molar-refractivity contribution is 6.23. The number of benzene rings is 2. The molecule has 4 aliphatic rings. The van der Waals surface area contributed by atoms with Crippen molar-refractivity contribution >= 4 is 17.5 Å². The monoisotopic (exact) mass is 331 g/mol. The third-order valence-corrected chi connectivity index (χ3v) is 6.32. The summed E-state index contributed by atoms with van der Waals surface area (Å²) in [4.78, 5) is 27.3. The molecule has 124 valence electrons. The topological polar surface area (TPSA) is 46.6 Å². The van der Waals surface area contributed by atoms with Crippen molar-refractivity contribution in [2.45, 2.75) is 31.5 Å². The van der Waals surface area contributed by atoms with Crippen LogP contribution >= 0.6 is 0 Å². The summed E-state index contributed by atoms with van der Waals surface area (Å²) in [6, 6.07) is 14.4. The molecule has 3 saturated heterocycles. The van der Waals surface area contributed by atoms with Gasteiger partial charge in [0.2, 0.25) is 11.8 Å². The standard InChI is InChI=1S/C21H17NO3/c23-20-18-16-7-8-17(25-16)19(18)21(24)22(20)13-5-6-15-12(10-13)9-11-3-1-2-4-14(11)15/h1-6,10,16-19H,7-9H2/t16-,17+,18+,19-. The minimum atomic E-state index is -0.267. The second-order valence-corrected chi connectivity index (χ2v) is 7.53. The van der Waals surface area contributed by atoms with Gasteiger partial charge in [-0.05, 0) is 53.6 Å². The second kappa shape index (κ2) is 4.58. The lowest BCUT2D eigenvalue weighted by Gasteiger charge is -2.18. The third-order valence-electron chi connectivity index (χ3n) is 6.32. The van der Waals surface area contributed by atoms with Crippen LogP contribution in [0.25, 0.3) is 11.1 Å². The van der Waals surface area contributed by atoms with Crippen molar-refractivity contribution in [3.8, 4) is 11.1 Å². The van der Waals surface area contributed by atoms with Gasteiger partial charge in [-0.25, -0.2) is 4.90 Å². The molecule has 0 N–H and O–H groups in total. The molecular formula is C21H17NO3. The van der Waals surface area contributed by atoms with Crippen LogP contribution in [0.4, 0.5) is 5.69 Å². The van der Waals surface area contributed by atoms with Crippen molar-refractivity contribution in [2.75, 3.05) is 4.90 Å². The van der Waals surface area contributed by atoms with Crippen molar-refractivity contribution < 1.29 is 14.3 Å². The number of fused-ring (bicyclic) bond motifs is 8. The molecule has 2 amide bonds. The molecule has 0 aromatic heterocycles. The maximum absolute atomic E-state index is 12.9. The molecule has 6 rings (SSSR count). The van der Waals surface area contributed by atoms with Gasteiger partial charge in [0.05, 0.1) is 29.7 Å². The molecule has 1 aliphatic carbocycles. The fraction of sp³-hybridized carbons (Fsp3) is 0.333. The van der Waals surface area contributed by atoms with Crippen molar-refractivity contribution in [2.24, 2.45) is 11.8 Å². The molecule has 4 heteroatoms. The highest BCUT2D eigenvalue weighted by Crippen LogP contribution is 2.50. The SMILES string of the molecule is O=C1[C@@H]2[C@H](C(=O)N1c1ccc3c(c1)Cc1ccccc1-3)[C@@H]1CC[C@H]2O1. The summed E-state index contributed by atoms with van der Waals surface area (Å²) in [6.07, 6.45) is 2.54.